The smallest absolute Gasteiger partial charge is 0.171 e. The Kier molecular flexibility index (Phi) is 6.64. The van der Waals surface area contributed by atoms with E-state index in [2.05, 4.69) is 39.5 Å². The normalized spacial score (nSPS) is 20.2. The van der Waals surface area contributed by atoms with Crippen molar-refractivity contribution in [3.63, 3.8) is 0 Å². The van der Waals surface area contributed by atoms with Gasteiger partial charge in [-0.25, -0.2) is 0 Å². The van der Waals surface area contributed by atoms with E-state index < -0.39 is 0 Å². The lowest BCUT2D eigenvalue weighted by Gasteiger charge is -2.34. The first-order valence-electron chi connectivity index (χ1n) is 12.8. The molecule has 3 aliphatic rings. The Hall–Kier alpha value is -3.32. The molecule has 2 aromatic carbocycles. The largest absolute Gasteiger partial charge is 0.487 e. The summed E-state index contributed by atoms with van der Waals surface area (Å²) in [5.41, 5.74) is 7.57. The van der Waals surface area contributed by atoms with Crippen LogP contribution in [0.25, 0.3) is 11.3 Å². The van der Waals surface area contributed by atoms with Crippen molar-refractivity contribution < 1.29 is 14.3 Å². The number of hydrogen-bond acceptors (Lipinski definition) is 6. The number of morpholine rings is 1. The molecular formula is C30H31N3O3. The maximum atomic E-state index is 12.8. The lowest BCUT2D eigenvalue weighted by atomic mass is 9.98. The van der Waals surface area contributed by atoms with Gasteiger partial charge in [-0.2, -0.15) is 0 Å². The second-order valence-electron chi connectivity index (χ2n) is 9.65. The molecule has 0 spiro atoms. The van der Waals surface area contributed by atoms with Crippen molar-refractivity contribution in [2.24, 2.45) is 0 Å². The average molecular weight is 482 g/mol. The lowest BCUT2D eigenvalue weighted by molar-refractivity contribution is -0.112. The van der Waals surface area contributed by atoms with Gasteiger partial charge in [-0.15, -0.1) is 0 Å². The fourth-order valence-corrected chi connectivity index (χ4v) is 5.55. The first-order valence-corrected chi connectivity index (χ1v) is 12.8. The van der Waals surface area contributed by atoms with Gasteiger partial charge in [-0.1, -0.05) is 48.5 Å². The van der Waals surface area contributed by atoms with Crippen LogP contribution in [0.1, 0.15) is 39.4 Å². The molecule has 1 aliphatic carbocycles. The molecule has 184 valence electrons. The second kappa shape index (κ2) is 10.3. The molecule has 1 unspecified atom stereocenters. The summed E-state index contributed by atoms with van der Waals surface area (Å²) in [5.74, 6) is 0.894. The molecule has 1 aromatic heterocycles. The van der Waals surface area contributed by atoms with Gasteiger partial charge in [0.25, 0.3) is 0 Å². The average Bonchev–Trinajstić information content (AvgIpc) is 3.48. The number of hydrogen-bond donors (Lipinski definition) is 1. The van der Waals surface area contributed by atoms with Crippen molar-refractivity contribution in [2.45, 2.75) is 25.5 Å². The zero-order valence-electron chi connectivity index (χ0n) is 20.4. The first kappa shape index (κ1) is 23.1. The van der Waals surface area contributed by atoms with Crippen LogP contribution in [0.15, 0.2) is 67.0 Å². The summed E-state index contributed by atoms with van der Waals surface area (Å²) in [6, 6.07) is 19.0. The van der Waals surface area contributed by atoms with Crippen molar-refractivity contribution in [1.82, 2.24) is 15.2 Å². The molecule has 6 heteroatoms. The Labute approximate surface area is 212 Å². The summed E-state index contributed by atoms with van der Waals surface area (Å²) in [6.45, 7) is 5.73. The van der Waals surface area contributed by atoms with Gasteiger partial charge in [0.05, 0.1) is 18.8 Å². The van der Waals surface area contributed by atoms with E-state index in [1.807, 2.05) is 42.7 Å². The number of nitrogens with one attached hydrogen (secondary N) is 1. The predicted octanol–water partition coefficient (Wildman–Crippen LogP) is 3.81. The third-order valence-electron chi connectivity index (χ3n) is 7.41. The monoisotopic (exact) mass is 481 g/mol. The maximum Gasteiger partial charge on any atom is 0.171 e. The Morgan fingerprint density at radius 1 is 1.00 bits per heavy atom. The number of nitrogens with zero attached hydrogens (tertiary/aromatic N) is 2. The topological polar surface area (TPSA) is 63.7 Å². The molecule has 0 amide bonds. The molecular weight excluding hydrogens is 450 g/mol. The van der Waals surface area contributed by atoms with E-state index in [4.69, 9.17) is 9.47 Å². The predicted molar refractivity (Wildman–Crippen MR) is 139 cm³/mol. The van der Waals surface area contributed by atoms with Gasteiger partial charge in [-0.05, 0) is 41.3 Å². The number of fused-ring (bicyclic) bond motifs is 2. The van der Waals surface area contributed by atoms with Crippen LogP contribution < -0.4 is 5.32 Å². The molecule has 0 radical (unpaired) electrons. The van der Waals surface area contributed by atoms with Gasteiger partial charge in [-0.3, -0.25) is 14.7 Å². The number of benzene rings is 2. The van der Waals surface area contributed by atoms with E-state index in [1.54, 1.807) is 0 Å². The van der Waals surface area contributed by atoms with Crippen molar-refractivity contribution >= 4 is 17.1 Å². The van der Waals surface area contributed by atoms with Crippen molar-refractivity contribution in [3.8, 4) is 0 Å². The van der Waals surface area contributed by atoms with Crippen LogP contribution in [0.3, 0.4) is 0 Å². The van der Waals surface area contributed by atoms with Crippen LogP contribution in [-0.4, -0.2) is 55.1 Å². The van der Waals surface area contributed by atoms with Crippen LogP contribution in [0.5, 0.6) is 0 Å². The third-order valence-corrected chi connectivity index (χ3v) is 7.41. The molecule has 1 atom stereocenters. The van der Waals surface area contributed by atoms with Crippen LogP contribution in [0, 0.1) is 0 Å². The van der Waals surface area contributed by atoms with Crippen LogP contribution in [0.4, 0.5) is 0 Å². The molecule has 2 aliphatic heterocycles. The highest BCUT2D eigenvalue weighted by atomic mass is 16.5. The highest BCUT2D eigenvalue weighted by Gasteiger charge is 2.32. The minimum absolute atomic E-state index is 0.149. The number of pyridine rings is 1. The molecule has 36 heavy (non-hydrogen) atoms. The Balaban J connectivity index is 1.12. The molecule has 3 heterocycles. The zero-order valence-corrected chi connectivity index (χ0v) is 20.4. The fourth-order valence-electron chi connectivity index (χ4n) is 5.55. The van der Waals surface area contributed by atoms with Crippen LogP contribution >= 0.6 is 0 Å². The van der Waals surface area contributed by atoms with Gasteiger partial charge >= 0.3 is 0 Å². The number of allylic oxidation sites excluding steroid dienone is 1. The number of rotatable bonds is 7. The number of aromatic nitrogens is 1. The highest BCUT2D eigenvalue weighted by Crippen LogP contribution is 2.40. The standard InChI is InChI=1S/C30H31N3O3/c34-28-17-22-4-1-2-6-25(22)29(28)30-26-8-7-21(16-24(26)20-36-30)9-11-32-19-27(23-5-3-10-31-18-23)33-12-14-35-15-13-33/h1-8,10,16,18,27,32H,9,11-15,17,19-20H2/b30-29+. The fraction of sp³-hybridized carbons (Fsp3) is 0.333. The molecule has 0 saturated carbocycles. The molecule has 1 saturated heterocycles. The van der Waals surface area contributed by atoms with E-state index in [-0.39, 0.29) is 11.8 Å². The van der Waals surface area contributed by atoms with Gasteiger partial charge in [0.15, 0.2) is 5.78 Å². The highest BCUT2D eigenvalue weighted by molar-refractivity contribution is 6.31. The Morgan fingerprint density at radius 3 is 2.75 bits per heavy atom. The number of carbonyl (C=O) groups excluding carboxylic acids is 1. The van der Waals surface area contributed by atoms with Gasteiger partial charge in [0.2, 0.25) is 0 Å². The van der Waals surface area contributed by atoms with E-state index >= 15 is 0 Å². The molecule has 0 bridgehead atoms. The summed E-state index contributed by atoms with van der Waals surface area (Å²) in [7, 11) is 0. The minimum atomic E-state index is 0.149. The summed E-state index contributed by atoms with van der Waals surface area (Å²) < 4.78 is 11.6. The maximum absolute atomic E-state index is 12.8. The number of carbonyl (C=O) groups is 1. The summed E-state index contributed by atoms with van der Waals surface area (Å²) in [5, 5.41) is 3.67. The minimum Gasteiger partial charge on any atom is -0.487 e. The molecule has 6 rings (SSSR count). The zero-order chi connectivity index (χ0) is 24.3. The summed E-state index contributed by atoms with van der Waals surface area (Å²) in [4.78, 5) is 19.6. The van der Waals surface area contributed by atoms with Gasteiger partial charge in [0.1, 0.15) is 12.4 Å². The first-order chi connectivity index (χ1) is 17.8. The van der Waals surface area contributed by atoms with E-state index in [1.165, 1.54) is 11.1 Å². The number of ether oxygens (including phenoxy) is 2. The third kappa shape index (κ3) is 4.60. The van der Waals surface area contributed by atoms with Crippen molar-refractivity contribution in [2.75, 3.05) is 39.4 Å². The second-order valence-corrected chi connectivity index (χ2v) is 9.65. The molecule has 1 N–H and O–H groups in total. The van der Waals surface area contributed by atoms with Crippen LogP contribution in [0.2, 0.25) is 0 Å². The SMILES string of the molecule is O=C1Cc2ccccc2/C1=C1\OCc2cc(CCNCC(c3cccnc3)N3CCOCC3)ccc21. The summed E-state index contributed by atoms with van der Waals surface area (Å²) in [6.07, 6.45) is 5.20. The van der Waals surface area contributed by atoms with E-state index in [0.29, 0.717) is 13.0 Å². The van der Waals surface area contributed by atoms with Gasteiger partial charge < -0.3 is 14.8 Å². The Morgan fingerprint density at radius 2 is 1.89 bits per heavy atom. The number of ketones is 1. The quantitative estimate of drug-likeness (QED) is 0.409. The summed E-state index contributed by atoms with van der Waals surface area (Å²) >= 11 is 0. The molecule has 3 aromatic rings. The molecule has 1 fully saturated rings. The molecule has 6 nitrogen and oxygen atoms in total. The van der Waals surface area contributed by atoms with Crippen molar-refractivity contribution in [1.29, 1.82) is 0 Å². The lowest BCUT2D eigenvalue weighted by Crippen LogP contribution is -2.43. The van der Waals surface area contributed by atoms with Gasteiger partial charge in [0, 0.05) is 55.6 Å². The Bertz CT molecular complexity index is 1280. The number of Topliss-reactive ketones (excluding diaryl/α,β-unsaturated/α-hetero) is 1. The van der Waals surface area contributed by atoms with E-state index in [0.717, 1.165) is 79.4 Å². The van der Waals surface area contributed by atoms with Crippen LogP contribution in [-0.2, 0) is 33.7 Å². The van der Waals surface area contributed by atoms with Crippen molar-refractivity contribution in [3.05, 3.63) is 100 Å². The van der Waals surface area contributed by atoms with E-state index in [9.17, 15) is 4.79 Å².